The second kappa shape index (κ2) is 9.47. The number of nitrogens with one attached hydrogen (secondary N) is 1. The lowest BCUT2D eigenvalue weighted by Gasteiger charge is -2.26. The highest BCUT2D eigenvalue weighted by molar-refractivity contribution is 4.74. The molecule has 0 bridgehead atoms. The fourth-order valence-electron chi connectivity index (χ4n) is 1.98. The molecular weight excluding hydrogens is 174 g/mol. The van der Waals surface area contributed by atoms with Crippen LogP contribution in [0.1, 0.15) is 47.0 Å². The van der Waals surface area contributed by atoms with Crippen molar-refractivity contribution in [3.05, 3.63) is 0 Å². The molecule has 2 heteroatoms. The zero-order valence-corrected chi connectivity index (χ0v) is 10.3. The molecule has 0 fully saturated rings. The van der Waals surface area contributed by atoms with Crippen LogP contribution >= 0.6 is 0 Å². The Labute approximate surface area is 89.4 Å². The van der Waals surface area contributed by atoms with E-state index < -0.39 is 0 Å². The summed E-state index contributed by atoms with van der Waals surface area (Å²) in [7, 11) is 0. The number of hydrogen-bond acceptors (Lipinski definition) is 2. The molecule has 86 valence electrons. The number of ether oxygens (including phenoxy) is 1. The Kier molecular flexibility index (Phi) is 9.42. The molecule has 1 atom stereocenters. The fraction of sp³-hybridized carbons (Fsp3) is 1.00. The average molecular weight is 201 g/mol. The fourth-order valence-corrected chi connectivity index (χ4v) is 1.98. The monoisotopic (exact) mass is 201 g/mol. The largest absolute Gasteiger partial charge is 0.382 e. The second-order valence-electron chi connectivity index (χ2n) is 3.73. The van der Waals surface area contributed by atoms with Gasteiger partial charge in [-0.25, -0.2) is 0 Å². The van der Waals surface area contributed by atoms with Crippen molar-refractivity contribution in [3.8, 4) is 0 Å². The lowest BCUT2D eigenvalue weighted by molar-refractivity contribution is 0.127. The quantitative estimate of drug-likeness (QED) is 0.579. The minimum Gasteiger partial charge on any atom is -0.382 e. The minimum absolute atomic E-state index is 0.640. The van der Waals surface area contributed by atoms with Crippen LogP contribution in [-0.2, 0) is 4.74 Å². The minimum atomic E-state index is 0.640. The Hall–Kier alpha value is -0.0800. The summed E-state index contributed by atoms with van der Waals surface area (Å²) in [6.07, 6.45) is 3.68. The van der Waals surface area contributed by atoms with Crippen molar-refractivity contribution >= 4 is 0 Å². The van der Waals surface area contributed by atoms with E-state index >= 15 is 0 Å². The van der Waals surface area contributed by atoms with Crippen LogP contribution in [0.5, 0.6) is 0 Å². The van der Waals surface area contributed by atoms with Crippen LogP contribution in [-0.4, -0.2) is 25.8 Å². The topological polar surface area (TPSA) is 21.3 Å². The van der Waals surface area contributed by atoms with Crippen molar-refractivity contribution in [1.29, 1.82) is 0 Å². The molecule has 0 aliphatic rings. The Balaban J connectivity index is 3.85. The summed E-state index contributed by atoms with van der Waals surface area (Å²) in [5, 5.41) is 3.56. The summed E-state index contributed by atoms with van der Waals surface area (Å²) in [5.41, 5.74) is 0. The molecule has 0 rings (SSSR count). The van der Waals surface area contributed by atoms with Crippen LogP contribution in [0.2, 0.25) is 0 Å². The molecule has 14 heavy (non-hydrogen) atoms. The van der Waals surface area contributed by atoms with Crippen molar-refractivity contribution < 1.29 is 4.74 Å². The van der Waals surface area contributed by atoms with Crippen LogP contribution in [0.4, 0.5) is 0 Å². The van der Waals surface area contributed by atoms with Gasteiger partial charge in [0.25, 0.3) is 0 Å². The van der Waals surface area contributed by atoms with Gasteiger partial charge in [-0.3, -0.25) is 0 Å². The second-order valence-corrected chi connectivity index (χ2v) is 3.73. The molecule has 0 saturated heterocycles. The third-order valence-electron chi connectivity index (χ3n) is 2.86. The van der Waals surface area contributed by atoms with Gasteiger partial charge in [-0.1, -0.05) is 33.6 Å². The van der Waals surface area contributed by atoms with Crippen LogP contribution in [0.15, 0.2) is 0 Å². The van der Waals surface area contributed by atoms with Gasteiger partial charge in [-0.05, 0) is 25.8 Å². The summed E-state index contributed by atoms with van der Waals surface area (Å²) >= 11 is 0. The molecule has 0 saturated carbocycles. The maximum atomic E-state index is 5.41. The molecule has 2 nitrogen and oxygen atoms in total. The summed E-state index contributed by atoms with van der Waals surface area (Å²) in [5.74, 6) is 0.801. The van der Waals surface area contributed by atoms with E-state index in [0.29, 0.717) is 6.04 Å². The molecule has 0 radical (unpaired) electrons. The molecule has 0 amide bonds. The maximum Gasteiger partial charge on any atom is 0.0480 e. The van der Waals surface area contributed by atoms with Crippen LogP contribution in [0.3, 0.4) is 0 Å². The van der Waals surface area contributed by atoms with Crippen molar-refractivity contribution in [1.82, 2.24) is 5.32 Å². The lowest BCUT2D eigenvalue weighted by atomic mass is 9.92. The van der Waals surface area contributed by atoms with Crippen LogP contribution in [0.25, 0.3) is 0 Å². The first kappa shape index (κ1) is 13.9. The van der Waals surface area contributed by atoms with E-state index in [1.165, 1.54) is 12.8 Å². The number of rotatable bonds is 9. The van der Waals surface area contributed by atoms with Gasteiger partial charge in [0.05, 0.1) is 0 Å². The van der Waals surface area contributed by atoms with Crippen LogP contribution < -0.4 is 5.32 Å². The SMILES string of the molecule is CCNC(CCOCC)C(CC)CC. The highest BCUT2D eigenvalue weighted by Gasteiger charge is 2.16. The third kappa shape index (κ3) is 5.61. The van der Waals surface area contributed by atoms with Gasteiger partial charge >= 0.3 is 0 Å². The smallest absolute Gasteiger partial charge is 0.0480 e. The van der Waals surface area contributed by atoms with Crippen LogP contribution in [0, 0.1) is 5.92 Å². The molecule has 0 aliphatic heterocycles. The summed E-state index contributed by atoms with van der Waals surface area (Å²) in [6, 6.07) is 0.640. The Bertz CT molecular complexity index is 113. The third-order valence-corrected chi connectivity index (χ3v) is 2.86. The van der Waals surface area contributed by atoms with Gasteiger partial charge in [0, 0.05) is 19.3 Å². The molecule has 0 aromatic heterocycles. The first-order valence-corrected chi connectivity index (χ1v) is 6.11. The highest BCUT2D eigenvalue weighted by atomic mass is 16.5. The number of hydrogen-bond donors (Lipinski definition) is 1. The summed E-state index contributed by atoms with van der Waals surface area (Å²) in [6.45, 7) is 11.6. The van der Waals surface area contributed by atoms with E-state index in [-0.39, 0.29) is 0 Å². The zero-order chi connectivity index (χ0) is 10.8. The first-order chi connectivity index (χ1) is 6.79. The summed E-state index contributed by atoms with van der Waals surface area (Å²) in [4.78, 5) is 0. The van der Waals surface area contributed by atoms with E-state index in [0.717, 1.165) is 32.1 Å². The van der Waals surface area contributed by atoms with Gasteiger partial charge in [-0.2, -0.15) is 0 Å². The van der Waals surface area contributed by atoms with E-state index in [2.05, 4.69) is 33.0 Å². The Morgan fingerprint density at radius 3 is 2.14 bits per heavy atom. The van der Waals surface area contributed by atoms with E-state index in [1.54, 1.807) is 0 Å². The van der Waals surface area contributed by atoms with E-state index in [4.69, 9.17) is 4.74 Å². The molecule has 0 heterocycles. The predicted octanol–water partition coefficient (Wildman–Crippen LogP) is 2.83. The normalized spacial score (nSPS) is 13.5. The molecule has 0 spiro atoms. The van der Waals surface area contributed by atoms with Crippen molar-refractivity contribution in [2.75, 3.05) is 19.8 Å². The van der Waals surface area contributed by atoms with Gasteiger partial charge in [0.2, 0.25) is 0 Å². The Morgan fingerprint density at radius 1 is 1.07 bits per heavy atom. The van der Waals surface area contributed by atoms with Gasteiger partial charge < -0.3 is 10.1 Å². The first-order valence-electron chi connectivity index (χ1n) is 6.11. The van der Waals surface area contributed by atoms with Crippen molar-refractivity contribution in [3.63, 3.8) is 0 Å². The predicted molar refractivity (Wildman–Crippen MR) is 62.6 cm³/mol. The average Bonchev–Trinajstić information content (AvgIpc) is 2.20. The van der Waals surface area contributed by atoms with Gasteiger partial charge in [-0.15, -0.1) is 0 Å². The van der Waals surface area contributed by atoms with Crippen molar-refractivity contribution in [2.24, 2.45) is 5.92 Å². The van der Waals surface area contributed by atoms with E-state index in [1.807, 2.05) is 0 Å². The maximum absolute atomic E-state index is 5.41. The molecule has 0 aromatic rings. The zero-order valence-electron chi connectivity index (χ0n) is 10.3. The summed E-state index contributed by atoms with van der Waals surface area (Å²) < 4.78 is 5.41. The van der Waals surface area contributed by atoms with E-state index in [9.17, 15) is 0 Å². The van der Waals surface area contributed by atoms with Gasteiger partial charge in [0.1, 0.15) is 0 Å². The molecule has 1 N–H and O–H groups in total. The lowest BCUT2D eigenvalue weighted by Crippen LogP contribution is -2.36. The molecule has 0 aliphatic carbocycles. The molecule has 1 unspecified atom stereocenters. The standard InChI is InChI=1S/C12H27NO/c1-5-11(6-2)12(13-7-3)9-10-14-8-4/h11-13H,5-10H2,1-4H3. The molecule has 0 aromatic carbocycles. The Morgan fingerprint density at radius 2 is 1.71 bits per heavy atom. The van der Waals surface area contributed by atoms with Gasteiger partial charge in [0.15, 0.2) is 0 Å². The van der Waals surface area contributed by atoms with Crippen molar-refractivity contribution in [2.45, 2.75) is 53.0 Å². The highest BCUT2D eigenvalue weighted by Crippen LogP contribution is 2.15. The molecular formula is C12H27NO.